The number of halogens is 2. The molecule has 2 N–H and O–H groups in total. The average molecular weight is 324 g/mol. The van der Waals surface area contributed by atoms with E-state index in [0.717, 1.165) is 25.0 Å². The van der Waals surface area contributed by atoms with E-state index in [9.17, 15) is 12.8 Å². The molecule has 1 aromatic carbocycles. The lowest BCUT2D eigenvalue weighted by atomic mass is 10.3. The summed E-state index contributed by atoms with van der Waals surface area (Å²) in [6, 6.07) is 2.15. The molecule has 0 bridgehead atoms. The van der Waals surface area contributed by atoms with E-state index in [1.807, 2.05) is 0 Å². The first kappa shape index (κ1) is 12.8. The van der Waals surface area contributed by atoms with Crippen LogP contribution in [0.3, 0.4) is 0 Å². The van der Waals surface area contributed by atoms with Crippen molar-refractivity contribution in [1.29, 1.82) is 0 Å². The summed E-state index contributed by atoms with van der Waals surface area (Å²) in [5.74, 6) is -0.0776. The Morgan fingerprint density at radius 1 is 1.47 bits per heavy atom. The molecule has 0 radical (unpaired) electrons. The average Bonchev–Trinajstić information content (AvgIpc) is 3.00. The number of hydrogen-bond acceptors (Lipinski definition) is 3. The van der Waals surface area contributed by atoms with E-state index < -0.39 is 20.7 Å². The highest BCUT2D eigenvalue weighted by Gasteiger charge is 2.23. The number of benzene rings is 1. The highest BCUT2D eigenvalue weighted by atomic mass is 79.9. The van der Waals surface area contributed by atoms with Crippen LogP contribution in [0.5, 0.6) is 5.75 Å². The summed E-state index contributed by atoms with van der Waals surface area (Å²) in [4.78, 5) is -0.539. The zero-order valence-corrected chi connectivity index (χ0v) is 11.2. The summed E-state index contributed by atoms with van der Waals surface area (Å²) in [5, 5.41) is 4.88. The van der Waals surface area contributed by atoms with Gasteiger partial charge < -0.3 is 4.74 Å². The van der Waals surface area contributed by atoms with Crippen LogP contribution in [-0.4, -0.2) is 15.0 Å². The molecule has 2 rings (SSSR count). The zero-order chi connectivity index (χ0) is 12.6. The predicted molar refractivity (Wildman–Crippen MR) is 63.7 cm³/mol. The van der Waals surface area contributed by atoms with Crippen molar-refractivity contribution in [2.75, 3.05) is 6.61 Å². The third-order valence-corrected chi connectivity index (χ3v) is 4.01. The van der Waals surface area contributed by atoms with E-state index in [0.29, 0.717) is 22.7 Å². The van der Waals surface area contributed by atoms with Gasteiger partial charge in [0.05, 0.1) is 11.1 Å². The van der Waals surface area contributed by atoms with Crippen molar-refractivity contribution in [1.82, 2.24) is 0 Å². The van der Waals surface area contributed by atoms with Crippen LogP contribution in [-0.2, 0) is 10.0 Å². The van der Waals surface area contributed by atoms with Gasteiger partial charge in [0, 0.05) is 6.07 Å². The molecule has 94 valence electrons. The first-order valence-corrected chi connectivity index (χ1v) is 7.36. The molecule has 1 aliphatic rings. The Bertz CT molecular complexity index is 543. The summed E-state index contributed by atoms with van der Waals surface area (Å²) in [7, 11) is -4.05. The number of sulfonamides is 1. The van der Waals surface area contributed by atoms with Gasteiger partial charge in [0.2, 0.25) is 10.0 Å². The zero-order valence-electron chi connectivity index (χ0n) is 8.82. The van der Waals surface area contributed by atoms with Gasteiger partial charge in [-0.05, 0) is 40.8 Å². The fourth-order valence-electron chi connectivity index (χ4n) is 1.33. The molecule has 1 aliphatic carbocycles. The normalized spacial score (nSPS) is 15.9. The lowest BCUT2D eigenvalue weighted by Gasteiger charge is -2.09. The maximum atomic E-state index is 13.5. The van der Waals surface area contributed by atoms with E-state index >= 15 is 0 Å². The van der Waals surface area contributed by atoms with E-state index in [4.69, 9.17) is 9.88 Å². The summed E-state index contributed by atoms with van der Waals surface area (Å²) < 4.78 is 41.4. The van der Waals surface area contributed by atoms with Crippen LogP contribution in [0.15, 0.2) is 21.5 Å². The van der Waals surface area contributed by atoms with Crippen molar-refractivity contribution in [2.45, 2.75) is 17.7 Å². The first-order chi connectivity index (χ1) is 7.88. The van der Waals surface area contributed by atoms with Crippen LogP contribution in [0.2, 0.25) is 0 Å². The fraction of sp³-hybridized carbons (Fsp3) is 0.400. The second-order valence-electron chi connectivity index (χ2n) is 4.01. The second-order valence-corrected chi connectivity index (χ2v) is 6.40. The molecule has 0 spiro atoms. The first-order valence-electron chi connectivity index (χ1n) is 5.02. The molecule has 7 heteroatoms. The van der Waals surface area contributed by atoms with Gasteiger partial charge in [-0.3, -0.25) is 0 Å². The topological polar surface area (TPSA) is 69.4 Å². The fourth-order valence-corrected chi connectivity index (χ4v) is 2.55. The molecule has 0 unspecified atom stereocenters. The van der Waals surface area contributed by atoms with Gasteiger partial charge in [-0.15, -0.1) is 0 Å². The monoisotopic (exact) mass is 323 g/mol. The molecule has 0 aromatic heterocycles. The maximum absolute atomic E-state index is 13.5. The minimum Gasteiger partial charge on any atom is -0.492 e. The number of primary sulfonamides is 1. The van der Waals surface area contributed by atoms with E-state index in [1.165, 1.54) is 0 Å². The summed E-state index contributed by atoms with van der Waals surface area (Å²) in [6.07, 6.45) is 2.24. The molecule has 4 nitrogen and oxygen atoms in total. The SMILES string of the molecule is NS(=O)(=O)c1cc(Br)c(OCC2CC2)cc1F. The van der Waals surface area contributed by atoms with Crippen molar-refractivity contribution >= 4 is 26.0 Å². The molecule has 0 saturated heterocycles. The minimum absolute atomic E-state index is 0.293. The molecule has 0 aliphatic heterocycles. The quantitative estimate of drug-likeness (QED) is 0.921. The molecular formula is C10H11BrFNO3S. The largest absolute Gasteiger partial charge is 0.492 e. The summed E-state index contributed by atoms with van der Waals surface area (Å²) in [5.41, 5.74) is 0. The Kier molecular flexibility index (Phi) is 3.42. The van der Waals surface area contributed by atoms with Crippen LogP contribution in [0.25, 0.3) is 0 Å². The molecular weight excluding hydrogens is 313 g/mol. The van der Waals surface area contributed by atoms with Gasteiger partial charge in [0.15, 0.2) is 0 Å². The molecule has 1 aromatic rings. The van der Waals surface area contributed by atoms with Crippen LogP contribution < -0.4 is 9.88 Å². The lowest BCUT2D eigenvalue weighted by molar-refractivity contribution is 0.296. The standard InChI is InChI=1S/C10H11BrFNO3S/c11-7-3-10(17(13,14)15)8(12)4-9(7)16-5-6-1-2-6/h3-4,6H,1-2,5H2,(H2,13,14,15). The third kappa shape index (κ3) is 3.17. The van der Waals surface area contributed by atoms with E-state index in [2.05, 4.69) is 15.9 Å². The van der Waals surface area contributed by atoms with Gasteiger partial charge in [-0.2, -0.15) is 0 Å². The number of hydrogen-bond donors (Lipinski definition) is 1. The van der Waals surface area contributed by atoms with Crippen molar-refractivity contribution in [3.05, 3.63) is 22.4 Å². The van der Waals surface area contributed by atoms with Crippen LogP contribution >= 0.6 is 15.9 Å². The van der Waals surface area contributed by atoms with Crippen molar-refractivity contribution in [2.24, 2.45) is 11.1 Å². The molecule has 1 saturated carbocycles. The highest BCUT2D eigenvalue weighted by molar-refractivity contribution is 9.10. The predicted octanol–water partition coefficient (Wildman–Crippen LogP) is 2.02. The Balaban J connectivity index is 2.27. The van der Waals surface area contributed by atoms with Crippen molar-refractivity contribution in [3.63, 3.8) is 0 Å². The van der Waals surface area contributed by atoms with Gasteiger partial charge >= 0.3 is 0 Å². The van der Waals surface area contributed by atoms with Gasteiger partial charge in [-0.1, -0.05) is 0 Å². The van der Waals surface area contributed by atoms with E-state index in [1.54, 1.807) is 0 Å². The van der Waals surface area contributed by atoms with Gasteiger partial charge in [0.25, 0.3) is 0 Å². The van der Waals surface area contributed by atoms with Crippen LogP contribution in [0.1, 0.15) is 12.8 Å². The Morgan fingerprint density at radius 2 is 2.12 bits per heavy atom. The smallest absolute Gasteiger partial charge is 0.241 e. The van der Waals surface area contributed by atoms with Crippen molar-refractivity contribution in [3.8, 4) is 5.75 Å². The van der Waals surface area contributed by atoms with Gasteiger partial charge in [-0.25, -0.2) is 17.9 Å². The van der Waals surface area contributed by atoms with Gasteiger partial charge in [0.1, 0.15) is 16.5 Å². The van der Waals surface area contributed by atoms with Crippen molar-refractivity contribution < 1.29 is 17.5 Å². The van der Waals surface area contributed by atoms with Crippen LogP contribution in [0.4, 0.5) is 4.39 Å². The Morgan fingerprint density at radius 3 is 2.65 bits per heavy atom. The minimum atomic E-state index is -4.05. The number of nitrogens with two attached hydrogens (primary N) is 1. The lowest BCUT2D eigenvalue weighted by Crippen LogP contribution is -2.14. The third-order valence-electron chi connectivity index (χ3n) is 2.46. The molecule has 0 amide bonds. The highest BCUT2D eigenvalue weighted by Crippen LogP contribution is 2.33. The number of rotatable bonds is 4. The molecule has 0 heterocycles. The van der Waals surface area contributed by atoms with Crippen LogP contribution in [0, 0.1) is 11.7 Å². The Hall–Kier alpha value is -0.660. The molecule has 17 heavy (non-hydrogen) atoms. The summed E-state index contributed by atoms with van der Waals surface area (Å²) in [6.45, 7) is 0.521. The Labute approximate surface area is 107 Å². The van der Waals surface area contributed by atoms with E-state index in [-0.39, 0.29) is 0 Å². The molecule has 0 atom stereocenters. The second kappa shape index (κ2) is 4.55. The molecule has 1 fully saturated rings. The number of ether oxygens (including phenoxy) is 1. The summed E-state index contributed by atoms with van der Waals surface area (Å²) >= 11 is 3.13. The maximum Gasteiger partial charge on any atom is 0.241 e.